The minimum Gasteiger partial charge on any atom is -0.457 e. The van der Waals surface area contributed by atoms with Gasteiger partial charge in [-0.15, -0.1) is 0 Å². The maximum Gasteiger partial charge on any atom is 0.206 e. The quantitative estimate of drug-likeness (QED) is 0.0802. The molecule has 384 valence electrons. The van der Waals surface area contributed by atoms with Crippen LogP contribution in [0, 0.1) is 0 Å². The van der Waals surface area contributed by atoms with Crippen LogP contribution in [-0.4, -0.2) is 25.3 Å². The summed E-state index contributed by atoms with van der Waals surface area (Å²) >= 11 is 6.80. The maximum absolute atomic E-state index is 13.7. The van der Waals surface area contributed by atoms with E-state index < -0.39 is 29.5 Å². The Hall–Kier alpha value is -8.19. The first-order valence-corrected chi connectivity index (χ1v) is 29.3. The van der Waals surface area contributed by atoms with E-state index in [1.54, 1.807) is 140 Å². The van der Waals surface area contributed by atoms with Crippen LogP contribution >= 0.6 is 31.9 Å². The SMILES string of the molecule is O=S(=O)(c1ccc(Oc2ccc(Br)cc2)cc1)c1ccc(Oc2cccc(Oc3ccc(S(=O)(=O)c4ccc(Oc5cccc(Oc6ccc(S(=O)(=O)c7ccc(Oc8cccc(Br)c8)cc7)cc6)c5)cc4)cc3)c2)cc1. The van der Waals surface area contributed by atoms with E-state index in [0.717, 1.165) is 8.95 Å². The molecular weight excluding hydrogens is 1170 g/mol. The van der Waals surface area contributed by atoms with Crippen molar-refractivity contribution in [3.8, 4) is 69.0 Å². The van der Waals surface area contributed by atoms with E-state index in [9.17, 15) is 25.3 Å². The zero-order valence-corrected chi connectivity index (χ0v) is 45.6. The summed E-state index contributed by atoms with van der Waals surface area (Å²) in [6.07, 6.45) is 0. The number of sulfone groups is 3. The van der Waals surface area contributed by atoms with Gasteiger partial charge in [-0.2, -0.15) is 0 Å². The van der Waals surface area contributed by atoms with Crippen molar-refractivity contribution >= 4 is 61.4 Å². The minimum atomic E-state index is -3.92. The maximum atomic E-state index is 13.7. The molecule has 0 amide bonds. The van der Waals surface area contributed by atoms with Gasteiger partial charge in [0.1, 0.15) is 69.0 Å². The highest BCUT2D eigenvalue weighted by molar-refractivity contribution is 9.10. The summed E-state index contributed by atoms with van der Waals surface area (Å²) in [7, 11) is -11.6. The summed E-state index contributed by atoms with van der Waals surface area (Å²) in [5, 5.41) is 0. The van der Waals surface area contributed by atoms with E-state index in [1.807, 2.05) is 30.3 Å². The topological polar surface area (TPSA) is 158 Å². The first-order valence-electron chi connectivity index (χ1n) is 23.3. The molecule has 77 heavy (non-hydrogen) atoms. The second kappa shape index (κ2) is 22.6. The molecule has 0 atom stereocenters. The molecule has 0 saturated carbocycles. The van der Waals surface area contributed by atoms with Gasteiger partial charge in [-0.05, 0) is 212 Å². The van der Waals surface area contributed by atoms with Gasteiger partial charge in [0.15, 0.2) is 0 Å². The molecule has 12 nitrogen and oxygen atoms in total. The van der Waals surface area contributed by atoms with Gasteiger partial charge >= 0.3 is 0 Å². The van der Waals surface area contributed by atoms with Crippen molar-refractivity contribution in [3.63, 3.8) is 0 Å². The van der Waals surface area contributed by atoms with Gasteiger partial charge in [0.2, 0.25) is 29.5 Å². The third-order valence-electron chi connectivity index (χ3n) is 11.4. The molecule has 10 rings (SSSR count). The van der Waals surface area contributed by atoms with Gasteiger partial charge in [0, 0.05) is 21.1 Å². The fourth-order valence-electron chi connectivity index (χ4n) is 7.58. The van der Waals surface area contributed by atoms with Crippen LogP contribution in [0.2, 0.25) is 0 Å². The van der Waals surface area contributed by atoms with E-state index in [1.165, 1.54) is 72.8 Å². The molecule has 0 radical (unpaired) electrons. The van der Waals surface area contributed by atoms with Crippen LogP contribution in [0.1, 0.15) is 0 Å². The number of rotatable bonds is 18. The summed E-state index contributed by atoms with van der Waals surface area (Å²) in [6.45, 7) is 0. The lowest BCUT2D eigenvalue weighted by atomic mass is 10.3. The number of hydrogen-bond acceptors (Lipinski definition) is 12. The Bertz CT molecular complexity index is 4050. The third-order valence-corrected chi connectivity index (χ3v) is 17.8. The lowest BCUT2D eigenvalue weighted by molar-refractivity contribution is 0.459. The summed E-state index contributed by atoms with van der Waals surface area (Å²) in [6, 6.07) is 64.8. The van der Waals surface area contributed by atoms with Crippen LogP contribution in [0.5, 0.6) is 69.0 Å². The molecule has 0 aliphatic rings. The Labute approximate surface area is 461 Å². The van der Waals surface area contributed by atoms with Crippen LogP contribution in [0.15, 0.2) is 281 Å². The standard InChI is InChI=1S/C60H40Br2O12S3/c61-41-10-12-43(13-11-41)69-44-14-26-55(27-15-44)75(63,64)57-30-18-46(19-31-57)71-51-6-2-8-53(39-51)73-48-22-34-59(35-23-48)77(67,68)60-36-24-49(25-37-60)74-54-9-3-7-52(40-54)72-47-20-32-58(33-21-47)76(65,66)56-28-16-45(17-29-56)70-50-5-1-4-42(62)38-50/h1-40H. The highest BCUT2D eigenvalue weighted by Crippen LogP contribution is 2.35. The van der Waals surface area contributed by atoms with Gasteiger partial charge < -0.3 is 28.4 Å². The Morgan fingerprint density at radius 2 is 0.403 bits per heavy atom. The van der Waals surface area contributed by atoms with Gasteiger partial charge in [-0.3, -0.25) is 0 Å². The third kappa shape index (κ3) is 12.7. The summed E-state index contributed by atoms with van der Waals surface area (Å²) in [5.74, 6) is 5.46. The molecule has 0 unspecified atom stereocenters. The molecule has 17 heteroatoms. The van der Waals surface area contributed by atoms with Crippen molar-refractivity contribution in [1.29, 1.82) is 0 Å². The fourth-order valence-corrected chi connectivity index (χ4v) is 12.0. The molecule has 0 heterocycles. The Kier molecular flexibility index (Phi) is 15.3. The average Bonchev–Trinajstić information content (AvgIpc) is 3.44. The van der Waals surface area contributed by atoms with Crippen molar-refractivity contribution in [2.75, 3.05) is 0 Å². The van der Waals surface area contributed by atoms with Gasteiger partial charge in [-0.1, -0.05) is 50.1 Å². The first kappa shape index (κ1) is 52.3. The van der Waals surface area contributed by atoms with E-state index in [0.29, 0.717) is 69.0 Å². The molecule has 0 N–H and O–H groups in total. The highest BCUT2D eigenvalue weighted by Gasteiger charge is 2.21. The first-order chi connectivity index (χ1) is 37.1. The van der Waals surface area contributed by atoms with Crippen molar-refractivity contribution in [1.82, 2.24) is 0 Å². The molecule has 0 aliphatic heterocycles. The lowest BCUT2D eigenvalue weighted by Crippen LogP contribution is -2.02. The van der Waals surface area contributed by atoms with Crippen molar-refractivity contribution in [3.05, 3.63) is 252 Å². The molecule has 0 aliphatic carbocycles. The van der Waals surface area contributed by atoms with Gasteiger partial charge in [0.05, 0.1) is 29.4 Å². The van der Waals surface area contributed by atoms with E-state index in [-0.39, 0.29) is 29.4 Å². The van der Waals surface area contributed by atoms with Gasteiger partial charge in [-0.25, -0.2) is 25.3 Å². The molecule has 10 aromatic carbocycles. The van der Waals surface area contributed by atoms with Crippen LogP contribution < -0.4 is 28.4 Å². The van der Waals surface area contributed by atoms with Crippen molar-refractivity contribution in [2.45, 2.75) is 29.4 Å². The summed E-state index contributed by atoms with van der Waals surface area (Å²) in [4.78, 5) is 0.514. The van der Waals surface area contributed by atoms with Crippen molar-refractivity contribution in [2.24, 2.45) is 0 Å². The second-order valence-corrected chi connectivity index (χ2v) is 24.5. The van der Waals surface area contributed by atoms with Crippen LogP contribution in [0.25, 0.3) is 0 Å². The van der Waals surface area contributed by atoms with E-state index in [4.69, 9.17) is 28.4 Å². The predicted octanol–water partition coefficient (Wildman–Crippen LogP) is 16.5. The Morgan fingerprint density at radius 1 is 0.208 bits per heavy atom. The molecular formula is C60H40Br2O12S3. The van der Waals surface area contributed by atoms with Gasteiger partial charge in [0.25, 0.3) is 0 Å². The van der Waals surface area contributed by atoms with Crippen LogP contribution in [0.4, 0.5) is 0 Å². The molecule has 0 bridgehead atoms. The zero-order chi connectivity index (χ0) is 53.6. The Balaban J connectivity index is 0.712. The number of ether oxygens (including phenoxy) is 6. The number of benzene rings is 10. The summed E-state index contributed by atoms with van der Waals surface area (Å²) in [5.41, 5.74) is 0. The molecule has 0 aromatic heterocycles. The highest BCUT2D eigenvalue weighted by atomic mass is 79.9. The fraction of sp³-hybridized carbons (Fsp3) is 0. The van der Waals surface area contributed by atoms with E-state index >= 15 is 0 Å². The summed E-state index contributed by atoms with van der Waals surface area (Å²) < 4.78 is 119. The molecule has 0 fully saturated rings. The zero-order valence-electron chi connectivity index (χ0n) is 40.0. The Morgan fingerprint density at radius 3 is 0.636 bits per heavy atom. The van der Waals surface area contributed by atoms with Crippen LogP contribution in [-0.2, 0) is 29.5 Å². The normalized spacial score (nSPS) is 11.6. The minimum absolute atomic E-state index is 0.0521. The lowest BCUT2D eigenvalue weighted by Gasteiger charge is -2.11. The molecule has 10 aromatic rings. The van der Waals surface area contributed by atoms with Crippen LogP contribution in [0.3, 0.4) is 0 Å². The van der Waals surface area contributed by atoms with E-state index in [2.05, 4.69) is 31.9 Å². The predicted molar refractivity (Wildman–Crippen MR) is 297 cm³/mol. The monoisotopic (exact) mass is 1210 g/mol. The number of hydrogen-bond donors (Lipinski definition) is 0. The van der Waals surface area contributed by atoms with Crippen molar-refractivity contribution < 1.29 is 53.7 Å². The smallest absolute Gasteiger partial charge is 0.206 e. The second-order valence-electron chi connectivity index (χ2n) is 16.8. The number of halogens is 2. The molecule has 0 spiro atoms. The largest absolute Gasteiger partial charge is 0.457 e. The average molecular weight is 1210 g/mol. The molecule has 0 saturated heterocycles.